The molecule has 2 aromatic rings. The van der Waals surface area contributed by atoms with Crippen LogP contribution in [0.25, 0.3) is 6.08 Å². The van der Waals surface area contributed by atoms with Crippen molar-refractivity contribution in [2.24, 2.45) is 0 Å². The normalized spacial score (nSPS) is 23.4. The Morgan fingerprint density at radius 1 is 1.24 bits per heavy atom. The third-order valence-corrected chi connectivity index (χ3v) is 5.56. The van der Waals surface area contributed by atoms with E-state index in [9.17, 15) is 4.39 Å². The molecule has 0 bridgehead atoms. The second-order valence-corrected chi connectivity index (χ2v) is 7.36. The molecule has 0 amide bonds. The highest BCUT2D eigenvalue weighted by atomic mass is 19.1. The molecule has 2 heterocycles. The van der Waals surface area contributed by atoms with Gasteiger partial charge in [0.2, 0.25) is 0 Å². The lowest BCUT2D eigenvalue weighted by atomic mass is 9.77. The van der Waals surface area contributed by atoms with Crippen molar-refractivity contribution in [3.8, 4) is 0 Å². The molecule has 1 spiro atoms. The van der Waals surface area contributed by atoms with Gasteiger partial charge in [0.25, 0.3) is 0 Å². The molecule has 1 aliphatic carbocycles. The Morgan fingerprint density at radius 3 is 2.92 bits per heavy atom. The maximum atomic E-state index is 13.0. The largest absolute Gasteiger partial charge is 0.299 e. The first kappa shape index (κ1) is 16.4. The number of aryl methyl sites for hydroxylation is 2. The van der Waals surface area contributed by atoms with Gasteiger partial charge in [0.15, 0.2) is 0 Å². The molecule has 3 nitrogen and oxygen atoms in total. The lowest BCUT2D eigenvalue weighted by Gasteiger charge is -2.40. The summed E-state index contributed by atoms with van der Waals surface area (Å²) in [5.74, 6) is 0.695. The first-order valence-corrected chi connectivity index (χ1v) is 9.12. The Labute approximate surface area is 148 Å². The molecule has 0 radical (unpaired) electrons. The summed E-state index contributed by atoms with van der Waals surface area (Å²) in [5, 5.41) is 0. The summed E-state index contributed by atoms with van der Waals surface area (Å²) >= 11 is 0. The first-order valence-electron chi connectivity index (χ1n) is 9.12. The Hall–Kier alpha value is -2.07. The zero-order valence-corrected chi connectivity index (χ0v) is 14.7. The van der Waals surface area contributed by atoms with Gasteiger partial charge in [-0.05, 0) is 62.4 Å². The summed E-state index contributed by atoms with van der Waals surface area (Å²) in [7, 11) is 0. The molecule has 4 heteroatoms. The van der Waals surface area contributed by atoms with Crippen molar-refractivity contribution < 1.29 is 4.39 Å². The molecule has 2 aliphatic rings. The van der Waals surface area contributed by atoms with Crippen molar-refractivity contribution in [2.45, 2.75) is 38.0 Å². The van der Waals surface area contributed by atoms with Crippen molar-refractivity contribution in [3.05, 3.63) is 65.0 Å². The highest BCUT2D eigenvalue weighted by Gasteiger charge is 2.43. The van der Waals surface area contributed by atoms with Crippen LogP contribution >= 0.6 is 0 Å². The zero-order valence-electron chi connectivity index (χ0n) is 14.7. The quantitative estimate of drug-likeness (QED) is 0.850. The Morgan fingerprint density at radius 2 is 2.08 bits per heavy atom. The molecule has 1 unspecified atom stereocenters. The molecule has 1 aromatic carbocycles. The van der Waals surface area contributed by atoms with E-state index in [0.717, 1.165) is 37.4 Å². The van der Waals surface area contributed by atoms with Gasteiger partial charge in [-0.25, -0.2) is 14.4 Å². The summed E-state index contributed by atoms with van der Waals surface area (Å²) in [6.45, 7) is 5.12. The van der Waals surface area contributed by atoms with E-state index in [1.54, 1.807) is 0 Å². The lowest BCUT2D eigenvalue weighted by Crippen LogP contribution is -2.45. The van der Waals surface area contributed by atoms with Crippen LogP contribution in [0.3, 0.4) is 0 Å². The van der Waals surface area contributed by atoms with E-state index in [4.69, 9.17) is 4.98 Å². The summed E-state index contributed by atoms with van der Waals surface area (Å²) < 4.78 is 13.0. The van der Waals surface area contributed by atoms with Crippen LogP contribution in [-0.2, 0) is 11.8 Å². The summed E-state index contributed by atoms with van der Waals surface area (Å²) in [6.07, 6.45) is 11.0. The summed E-state index contributed by atoms with van der Waals surface area (Å²) in [5.41, 5.74) is 3.90. The lowest BCUT2D eigenvalue weighted by molar-refractivity contribution is 0.156. The third kappa shape index (κ3) is 3.36. The predicted molar refractivity (Wildman–Crippen MR) is 97.9 cm³/mol. The number of aromatic nitrogens is 2. The minimum Gasteiger partial charge on any atom is -0.299 e. The van der Waals surface area contributed by atoms with Crippen LogP contribution in [0.1, 0.15) is 41.9 Å². The molecular formula is C21H24FN3. The van der Waals surface area contributed by atoms with Crippen LogP contribution in [0.2, 0.25) is 0 Å². The summed E-state index contributed by atoms with van der Waals surface area (Å²) in [4.78, 5) is 11.7. The number of benzene rings is 1. The number of halogens is 1. The topological polar surface area (TPSA) is 29.0 Å². The van der Waals surface area contributed by atoms with Gasteiger partial charge in [0, 0.05) is 24.7 Å². The number of likely N-dealkylation sites (tertiary alicyclic amines) is 1. The minimum absolute atomic E-state index is 0.188. The smallest absolute Gasteiger partial charge is 0.125 e. The molecule has 1 atom stereocenters. The van der Waals surface area contributed by atoms with Crippen molar-refractivity contribution in [1.29, 1.82) is 0 Å². The van der Waals surface area contributed by atoms with E-state index in [1.165, 1.54) is 42.7 Å². The van der Waals surface area contributed by atoms with E-state index in [0.29, 0.717) is 0 Å². The van der Waals surface area contributed by atoms with Crippen molar-refractivity contribution in [2.75, 3.05) is 19.6 Å². The van der Waals surface area contributed by atoms with Crippen LogP contribution in [0.5, 0.6) is 0 Å². The summed E-state index contributed by atoms with van der Waals surface area (Å²) in [6, 6.07) is 6.65. The van der Waals surface area contributed by atoms with Gasteiger partial charge >= 0.3 is 0 Å². The second-order valence-electron chi connectivity index (χ2n) is 7.36. The number of hydrogen-bond acceptors (Lipinski definition) is 3. The molecule has 0 N–H and O–H groups in total. The fourth-order valence-electron chi connectivity index (χ4n) is 4.32. The monoisotopic (exact) mass is 337 g/mol. The number of rotatable bonds is 3. The molecular weight excluding hydrogens is 313 g/mol. The van der Waals surface area contributed by atoms with Crippen LogP contribution in [0, 0.1) is 12.7 Å². The molecule has 1 aromatic heterocycles. The third-order valence-electron chi connectivity index (χ3n) is 5.56. The fraction of sp³-hybridized carbons (Fsp3) is 0.429. The number of hydrogen-bond donors (Lipinski definition) is 0. The number of fused-ring (bicyclic) bond motifs is 2. The number of piperidine rings is 1. The Bertz CT molecular complexity index is 780. The van der Waals surface area contributed by atoms with E-state index in [-0.39, 0.29) is 11.2 Å². The van der Waals surface area contributed by atoms with Gasteiger partial charge in [0.05, 0.1) is 5.69 Å². The average Bonchev–Trinajstić information content (AvgIpc) is 2.94. The van der Waals surface area contributed by atoms with Crippen molar-refractivity contribution >= 4 is 6.08 Å². The second kappa shape index (κ2) is 6.68. The van der Waals surface area contributed by atoms with Crippen LogP contribution in [0.4, 0.5) is 4.39 Å². The molecule has 4 rings (SSSR count). The molecule has 25 heavy (non-hydrogen) atoms. The molecule has 1 aliphatic heterocycles. The highest BCUT2D eigenvalue weighted by molar-refractivity contribution is 5.49. The fourth-order valence-corrected chi connectivity index (χ4v) is 4.32. The Kier molecular flexibility index (Phi) is 4.38. The molecule has 1 saturated heterocycles. The van der Waals surface area contributed by atoms with Gasteiger partial charge < -0.3 is 0 Å². The highest BCUT2D eigenvalue weighted by Crippen LogP contribution is 2.43. The predicted octanol–water partition coefficient (Wildman–Crippen LogP) is 3.92. The Balaban J connectivity index is 1.45. The van der Waals surface area contributed by atoms with Crippen LogP contribution in [0.15, 0.2) is 36.5 Å². The van der Waals surface area contributed by atoms with E-state index in [2.05, 4.69) is 22.0 Å². The van der Waals surface area contributed by atoms with Crippen LogP contribution < -0.4 is 0 Å². The maximum Gasteiger partial charge on any atom is 0.125 e. The van der Waals surface area contributed by atoms with Gasteiger partial charge in [0.1, 0.15) is 11.6 Å². The molecule has 1 fully saturated rings. The van der Waals surface area contributed by atoms with Gasteiger partial charge in [-0.2, -0.15) is 0 Å². The van der Waals surface area contributed by atoms with Crippen molar-refractivity contribution in [3.63, 3.8) is 0 Å². The van der Waals surface area contributed by atoms with Gasteiger partial charge in [-0.3, -0.25) is 4.90 Å². The standard InChI is InChI=1S/C21H24FN3/c1-16-23-14-18-9-11-21(20(18)24-16)10-3-13-25(15-21)12-2-4-17-5-7-19(22)8-6-17/h2,4-8,14H,3,9-13,15H2,1H3. The SMILES string of the molecule is Cc1ncc2c(n1)C1(CCCN(CC=Cc3ccc(F)cc3)C1)CC2. The zero-order chi connectivity index (χ0) is 17.3. The van der Waals surface area contributed by atoms with Gasteiger partial charge in [-0.1, -0.05) is 24.3 Å². The molecule has 0 saturated carbocycles. The van der Waals surface area contributed by atoms with E-state index >= 15 is 0 Å². The first-order chi connectivity index (χ1) is 12.1. The van der Waals surface area contributed by atoms with Gasteiger partial charge in [-0.15, -0.1) is 0 Å². The maximum absolute atomic E-state index is 13.0. The van der Waals surface area contributed by atoms with E-state index in [1.807, 2.05) is 25.3 Å². The van der Waals surface area contributed by atoms with E-state index < -0.39 is 0 Å². The minimum atomic E-state index is -0.188. The van der Waals surface area contributed by atoms with Crippen LogP contribution in [-0.4, -0.2) is 34.5 Å². The van der Waals surface area contributed by atoms with Crippen molar-refractivity contribution in [1.82, 2.24) is 14.9 Å². The average molecular weight is 337 g/mol. The molecule has 130 valence electrons. The number of nitrogens with zero attached hydrogens (tertiary/aromatic N) is 3.